The third-order valence-electron chi connectivity index (χ3n) is 4.49. The van der Waals surface area contributed by atoms with E-state index in [-0.39, 0.29) is 5.41 Å². The third-order valence-corrected chi connectivity index (χ3v) is 5.26. The van der Waals surface area contributed by atoms with Gasteiger partial charge in [-0.15, -0.1) is 0 Å². The summed E-state index contributed by atoms with van der Waals surface area (Å²) in [4.78, 5) is 0. The summed E-state index contributed by atoms with van der Waals surface area (Å²) in [5, 5.41) is 3.39. The lowest BCUT2D eigenvalue weighted by atomic mass is 9.61. The summed E-state index contributed by atoms with van der Waals surface area (Å²) in [6, 6.07) is 8.85. The second-order valence-electron chi connectivity index (χ2n) is 5.33. The molecular weight excluding hydrogens is 290 g/mol. The van der Waals surface area contributed by atoms with Crippen molar-refractivity contribution >= 4 is 15.9 Å². The smallest absolute Gasteiger partial charge is 0.0731 e. The summed E-state index contributed by atoms with van der Waals surface area (Å²) in [6.45, 7) is 5.26. The summed E-state index contributed by atoms with van der Waals surface area (Å²) in [6.07, 6.45) is 2.64. The molecule has 2 nitrogen and oxygen atoms in total. The predicted octanol–water partition coefficient (Wildman–Crippen LogP) is 3.74. The van der Waals surface area contributed by atoms with E-state index in [1.807, 2.05) is 13.1 Å². The highest BCUT2D eigenvalue weighted by molar-refractivity contribution is 9.10. The van der Waals surface area contributed by atoms with Gasteiger partial charge in [0, 0.05) is 15.9 Å². The van der Waals surface area contributed by atoms with Crippen LogP contribution in [0, 0.1) is 5.41 Å². The molecule has 0 saturated heterocycles. The van der Waals surface area contributed by atoms with Gasteiger partial charge in [0.15, 0.2) is 0 Å². The lowest BCUT2D eigenvalue weighted by Crippen LogP contribution is -2.61. The topological polar surface area (TPSA) is 21.3 Å². The minimum absolute atomic E-state index is 0.274. The van der Waals surface area contributed by atoms with Crippen LogP contribution in [0.5, 0.6) is 0 Å². The fourth-order valence-electron chi connectivity index (χ4n) is 2.80. The number of hydrogen-bond acceptors (Lipinski definition) is 2. The fourth-order valence-corrected chi connectivity index (χ4v) is 3.20. The number of nitrogens with one attached hydrogen (secondary N) is 1. The molecule has 0 radical (unpaired) electrons. The Labute approximate surface area is 118 Å². The molecule has 0 amide bonds. The lowest BCUT2D eigenvalue weighted by molar-refractivity contribution is -0.134. The Bertz CT molecular complexity index is 409. The molecular formula is C15H22BrNO. The SMILES string of the molecule is CCC1(C)C(NC)CC1OCc1ccccc1Br. The van der Waals surface area contributed by atoms with Crippen molar-refractivity contribution in [2.24, 2.45) is 5.41 Å². The van der Waals surface area contributed by atoms with Gasteiger partial charge in [-0.05, 0) is 31.5 Å². The zero-order valence-electron chi connectivity index (χ0n) is 11.4. The van der Waals surface area contributed by atoms with Gasteiger partial charge in [0.1, 0.15) is 0 Å². The van der Waals surface area contributed by atoms with E-state index in [9.17, 15) is 0 Å². The van der Waals surface area contributed by atoms with Crippen molar-refractivity contribution in [1.82, 2.24) is 5.32 Å². The highest BCUT2D eigenvalue weighted by Gasteiger charge is 2.50. The van der Waals surface area contributed by atoms with Crippen LogP contribution in [-0.2, 0) is 11.3 Å². The Hall–Kier alpha value is -0.380. The van der Waals surface area contributed by atoms with E-state index in [1.165, 1.54) is 5.56 Å². The van der Waals surface area contributed by atoms with E-state index in [0.717, 1.165) is 17.3 Å². The summed E-state index contributed by atoms with van der Waals surface area (Å²) < 4.78 is 7.25. The Kier molecular flexibility index (Phi) is 4.46. The summed E-state index contributed by atoms with van der Waals surface area (Å²) in [5.41, 5.74) is 1.50. The highest BCUT2D eigenvalue weighted by atomic mass is 79.9. The maximum Gasteiger partial charge on any atom is 0.0731 e. The van der Waals surface area contributed by atoms with Crippen LogP contribution in [-0.4, -0.2) is 19.2 Å². The zero-order valence-corrected chi connectivity index (χ0v) is 13.0. The Morgan fingerprint density at radius 1 is 1.44 bits per heavy atom. The Morgan fingerprint density at radius 3 is 2.78 bits per heavy atom. The van der Waals surface area contributed by atoms with Gasteiger partial charge < -0.3 is 10.1 Å². The van der Waals surface area contributed by atoms with Crippen LogP contribution in [0.2, 0.25) is 0 Å². The molecule has 0 spiro atoms. The van der Waals surface area contributed by atoms with Crippen molar-refractivity contribution in [2.75, 3.05) is 7.05 Å². The average molecular weight is 312 g/mol. The molecule has 0 aliphatic heterocycles. The van der Waals surface area contributed by atoms with E-state index in [2.05, 4.69) is 53.3 Å². The number of hydrogen-bond donors (Lipinski definition) is 1. The molecule has 0 aromatic heterocycles. The maximum absolute atomic E-state index is 6.11. The van der Waals surface area contributed by atoms with E-state index in [0.29, 0.717) is 18.8 Å². The standard InChI is InChI=1S/C15H22BrNO/c1-4-15(2)13(17-3)9-14(15)18-10-11-7-5-6-8-12(11)16/h5-8,13-14,17H,4,9-10H2,1-3H3. The maximum atomic E-state index is 6.11. The van der Waals surface area contributed by atoms with Gasteiger partial charge in [-0.1, -0.05) is 48.0 Å². The molecule has 0 heterocycles. The van der Waals surface area contributed by atoms with Gasteiger partial charge in [-0.3, -0.25) is 0 Å². The van der Waals surface area contributed by atoms with Crippen molar-refractivity contribution in [3.8, 4) is 0 Å². The minimum Gasteiger partial charge on any atom is -0.373 e. The van der Waals surface area contributed by atoms with E-state index >= 15 is 0 Å². The molecule has 1 saturated carbocycles. The Morgan fingerprint density at radius 2 is 2.17 bits per heavy atom. The lowest BCUT2D eigenvalue weighted by Gasteiger charge is -2.53. The third kappa shape index (κ3) is 2.49. The first-order chi connectivity index (χ1) is 8.61. The molecule has 0 bridgehead atoms. The first-order valence-electron chi connectivity index (χ1n) is 6.64. The van der Waals surface area contributed by atoms with Crippen LogP contribution in [0.1, 0.15) is 32.3 Å². The van der Waals surface area contributed by atoms with Crippen LogP contribution in [0.25, 0.3) is 0 Å². The van der Waals surface area contributed by atoms with Crippen molar-refractivity contribution in [1.29, 1.82) is 0 Å². The molecule has 1 aromatic carbocycles. The van der Waals surface area contributed by atoms with Crippen molar-refractivity contribution in [2.45, 2.75) is 45.4 Å². The number of rotatable bonds is 5. The van der Waals surface area contributed by atoms with Gasteiger partial charge in [0.2, 0.25) is 0 Å². The highest BCUT2D eigenvalue weighted by Crippen LogP contribution is 2.46. The van der Waals surface area contributed by atoms with E-state index < -0.39 is 0 Å². The minimum atomic E-state index is 0.274. The molecule has 2 rings (SSSR count). The normalized spacial score (nSPS) is 31.1. The molecule has 18 heavy (non-hydrogen) atoms. The van der Waals surface area contributed by atoms with Gasteiger partial charge in [0.05, 0.1) is 12.7 Å². The molecule has 3 heteroatoms. The first kappa shape index (κ1) is 14.0. The molecule has 1 aromatic rings. The quantitative estimate of drug-likeness (QED) is 0.894. The van der Waals surface area contributed by atoms with Gasteiger partial charge in [-0.25, -0.2) is 0 Å². The zero-order chi connectivity index (χ0) is 13.2. The van der Waals surface area contributed by atoms with Gasteiger partial charge >= 0.3 is 0 Å². The number of ether oxygens (including phenoxy) is 1. The molecule has 1 aliphatic rings. The van der Waals surface area contributed by atoms with Crippen LogP contribution in [0.4, 0.5) is 0 Å². The second kappa shape index (κ2) is 5.72. The first-order valence-corrected chi connectivity index (χ1v) is 7.43. The van der Waals surface area contributed by atoms with Gasteiger partial charge in [-0.2, -0.15) is 0 Å². The van der Waals surface area contributed by atoms with E-state index in [4.69, 9.17) is 4.74 Å². The molecule has 1 N–H and O–H groups in total. The molecule has 100 valence electrons. The summed E-state index contributed by atoms with van der Waals surface area (Å²) >= 11 is 3.57. The van der Waals surface area contributed by atoms with Crippen LogP contribution < -0.4 is 5.32 Å². The van der Waals surface area contributed by atoms with Crippen LogP contribution in [0.3, 0.4) is 0 Å². The summed E-state index contributed by atoms with van der Waals surface area (Å²) in [5.74, 6) is 0. The molecule has 1 fully saturated rings. The monoisotopic (exact) mass is 311 g/mol. The van der Waals surface area contributed by atoms with Crippen molar-refractivity contribution in [3.05, 3.63) is 34.3 Å². The second-order valence-corrected chi connectivity index (χ2v) is 6.18. The van der Waals surface area contributed by atoms with Gasteiger partial charge in [0.25, 0.3) is 0 Å². The van der Waals surface area contributed by atoms with Crippen molar-refractivity contribution < 1.29 is 4.74 Å². The number of benzene rings is 1. The van der Waals surface area contributed by atoms with Crippen LogP contribution in [0.15, 0.2) is 28.7 Å². The molecule has 1 aliphatic carbocycles. The largest absolute Gasteiger partial charge is 0.373 e. The van der Waals surface area contributed by atoms with Crippen LogP contribution >= 0.6 is 15.9 Å². The summed E-state index contributed by atoms with van der Waals surface area (Å²) in [7, 11) is 2.04. The number of halogens is 1. The van der Waals surface area contributed by atoms with E-state index in [1.54, 1.807) is 0 Å². The fraction of sp³-hybridized carbons (Fsp3) is 0.600. The molecule has 3 atom stereocenters. The Balaban J connectivity index is 1.94. The molecule has 3 unspecified atom stereocenters. The average Bonchev–Trinajstić information content (AvgIpc) is 2.38. The van der Waals surface area contributed by atoms with Crippen molar-refractivity contribution in [3.63, 3.8) is 0 Å². The predicted molar refractivity (Wildman–Crippen MR) is 78.6 cm³/mol.